The Bertz CT molecular complexity index is 924. The highest BCUT2D eigenvalue weighted by Gasteiger charge is 2.71. The molecule has 1 aromatic rings. The molecule has 2 aliphatic heterocycles. The summed E-state index contributed by atoms with van der Waals surface area (Å²) in [4.78, 5) is 25.6. The normalized spacial score (nSPS) is 34.1. The molecule has 4 heteroatoms. The van der Waals surface area contributed by atoms with Crippen LogP contribution >= 0.6 is 0 Å². The summed E-state index contributed by atoms with van der Waals surface area (Å²) in [5.41, 5.74) is 2.74. The Hall–Kier alpha value is -2.36. The molecular formula is C24H26O4. The number of unbranched alkanes of at least 4 members (excludes halogenated alkanes) is 1. The fraction of sp³-hybridized carbons (Fsp3) is 0.500. The minimum Gasteiger partial charge on any atom is -0.450 e. The molecule has 1 saturated carbocycles. The number of hydrogen-bond donors (Lipinski definition) is 0. The standard InChI is InChI=1S/C24H26O4/c1-3-5-11-19-16-13-12-14-17(8-4-2)24(21(14)20(16)23(26)27-19)18-10-7-6-9-15(18)22(25)28-24/h6-7,9-11,14,17,21H,3-5,8,12-13H2,1-2H3/b19-11-/t14-,17+,21?,24?/m1/s1. The predicted molar refractivity (Wildman–Crippen MR) is 104 cm³/mol. The number of esters is 2. The third kappa shape index (κ3) is 2.12. The summed E-state index contributed by atoms with van der Waals surface area (Å²) < 4.78 is 11.8. The fourth-order valence-corrected chi connectivity index (χ4v) is 6.08. The van der Waals surface area contributed by atoms with Crippen LogP contribution in [0, 0.1) is 17.8 Å². The molecule has 4 nitrogen and oxygen atoms in total. The maximum absolute atomic E-state index is 12.9. The van der Waals surface area contributed by atoms with Crippen molar-refractivity contribution in [1.82, 2.24) is 0 Å². The number of ether oxygens (including phenoxy) is 2. The first-order valence-electron chi connectivity index (χ1n) is 10.6. The van der Waals surface area contributed by atoms with Crippen LogP contribution in [0.5, 0.6) is 0 Å². The first-order chi connectivity index (χ1) is 13.6. The predicted octanol–water partition coefficient (Wildman–Crippen LogP) is 5.05. The summed E-state index contributed by atoms with van der Waals surface area (Å²) in [6.07, 6.45) is 7.90. The van der Waals surface area contributed by atoms with Gasteiger partial charge in [-0.25, -0.2) is 9.59 Å². The highest BCUT2D eigenvalue weighted by Crippen LogP contribution is 2.69. The molecule has 4 atom stereocenters. The summed E-state index contributed by atoms with van der Waals surface area (Å²) in [5.74, 6) is 0.807. The topological polar surface area (TPSA) is 52.6 Å². The van der Waals surface area contributed by atoms with Gasteiger partial charge in [0.25, 0.3) is 0 Å². The zero-order valence-corrected chi connectivity index (χ0v) is 16.5. The van der Waals surface area contributed by atoms with Crippen molar-refractivity contribution in [3.8, 4) is 0 Å². The third-order valence-corrected chi connectivity index (χ3v) is 7.09. The van der Waals surface area contributed by atoms with Crippen molar-refractivity contribution in [2.45, 2.75) is 58.0 Å². The number of hydrogen-bond acceptors (Lipinski definition) is 4. The molecule has 0 saturated heterocycles. The maximum atomic E-state index is 12.9. The Balaban J connectivity index is 1.65. The maximum Gasteiger partial charge on any atom is 0.340 e. The van der Waals surface area contributed by atoms with Crippen LogP contribution < -0.4 is 0 Å². The molecule has 146 valence electrons. The minimum absolute atomic E-state index is 0.0829. The number of carbonyl (C=O) groups is 2. The summed E-state index contributed by atoms with van der Waals surface area (Å²) in [7, 11) is 0. The first-order valence-corrected chi connectivity index (χ1v) is 10.6. The van der Waals surface area contributed by atoms with Gasteiger partial charge in [0.05, 0.1) is 11.1 Å². The van der Waals surface area contributed by atoms with Crippen molar-refractivity contribution in [3.05, 3.63) is 58.4 Å². The van der Waals surface area contributed by atoms with Gasteiger partial charge in [0.2, 0.25) is 0 Å². The zero-order chi connectivity index (χ0) is 19.5. The van der Waals surface area contributed by atoms with Crippen LogP contribution in [-0.4, -0.2) is 11.9 Å². The Morgan fingerprint density at radius 3 is 2.75 bits per heavy atom. The molecule has 1 spiro atoms. The van der Waals surface area contributed by atoms with Crippen LogP contribution in [-0.2, 0) is 19.9 Å². The van der Waals surface area contributed by atoms with E-state index in [1.165, 1.54) is 0 Å². The average Bonchev–Trinajstić information content (AvgIpc) is 3.19. The number of cyclic esters (lactones) is 1. The molecule has 0 amide bonds. The van der Waals surface area contributed by atoms with E-state index in [2.05, 4.69) is 13.8 Å². The molecule has 2 heterocycles. The van der Waals surface area contributed by atoms with Crippen molar-refractivity contribution in [2.24, 2.45) is 17.8 Å². The lowest BCUT2D eigenvalue weighted by Crippen LogP contribution is -2.62. The van der Waals surface area contributed by atoms with Gasteiger partial charge in [0.1, 0.15) is 11.4 Å². The second-order valence-corrected chi connectivity index (χ2v) is 8.44. The molecule has 0 radical (unpaired) electrons. The summed E-state index contributed by atoms with van der Waals surface area (Å²) in [6.45, 7) is 4.29. The number of allylic oxidation sites excluding steroid dienone is 2. The van der Waals surface area contributed by atoms with Crippen molar-refractivity contribution in [3.63, 3.8) is 0 Å². The number of carbonyl (C=O) groups excluding carboxylic acids is 2. The first kappa shape index (κ1) is 17.7. The van der Waals surface area contributed by atoms with E-state index in [0.29, 0.717) is 11.5 Å². The lowest BCUT2D eigenvalue weighted by atomic mass is 9.45. The van der Waals surface area contributed by atoms with Gasteiger partial charge >= 0.3 is 11.9 Å². The van der Waals surface area contributed by atoms with Crippen molar-refractivity contribution < 1.29 is 19.1 Å². The van der Waals surface area contributed by atoms with E-state index in [4.69, 9.17) is 9.47 Å². The Morgan fingerprint density at radius 2 is 1.96 bits per heavy atom. The number of rotatable bonds is 4. The van der Waals surface area contributed by atoms with Crippen LogP contribution in [0.15, 0.2) is 47.2 Å². The van der Waals surface area contributed by atoms with Crippen LogP contribution in [0.1, 0.15) is 68.3 Å². The van der Waals surface area contributed by atoms with Crippen molar-refractivity contribution in [2.75, 3.05) is 0 Å². The highest BCUT2D eigenvalue weighted by molar-refractivity contribution is 5.98. The largest absolute Gasteiger partial charge is 0.450 e. The van der Waals surface area contributed by atoms with Gasteiger partial charge in [-0.15, -0.1) is 0 Å². The molecule has 1 fully saturated rings. The summed E-state index contributed by atoms with van der Waals surface area (Å²) >= 11 is 0. The van der Waals surface area contributed by atoms with Gasteiger partial charge in [-0.1, -0.05) is 44.9 Å². The number of benzene rings is 1. The van der Waals surface area contributed by atoms with Crippen LogP contribution in [0.25, 0.3) is 0 Å². The Kier molecular flexibility index (Phi) is 4.01. The van der Waals surface area contributed by atoms with E-state index >= 15 is 0 Å². The SMILES string of the molecule is CCC/C=C1\OC(=O)C2=C1CC[C@H]1C2C2(OC(=O)c3ccccc32)[C@H]1CCC. The molecular weight excluding hydrogens is 352 g/mol. The molecule has 1 aromatic carbocycles. The molecule has 5 rings (SSSR count). The van der Waals surface area contributed by atoms with E-state index in [1.807, 2.05) is 30.3 Å². The molecule has 0 N–H and O–H groups in total. The fourth-order valence-electron chi connectivity index (χ4n) is 6.08. The third-order valence-electron chi connectivity index (χ3n) is 7.09. The molecule has 28 heavy (non-hydrogen) atoms. The van der Waals surface area contributed by atoms with E-state index in [9.17, 15) is 9.59 Å². The van der Waals surface area contributed by atoms with Gasteiger partial charge in [0, 0.05) is 23.0 Å². The molecule has 4 aliphatic rings. The van der Waals surface area contributed by atoms with E-state index < -0.39 is 5.60 Å². The van der Waals surface area contributed by atoms with E-state index in [1.54, 1.807) is 0 Å². The molecule has 0 aromatic heterocycles. The average molecular weight is 378 g/mol. The highest BCUT2D eigenvalue weighted by atomic mass is 16.6. The lowest BCUT2D eigenvalue weighted by Gasteiger charge is -2.60. The van der Waals surface area contributed by atoms with Gasteiger partial charge in [-0.05, 0) is 43.7 Å². The summed E-state index contributed by atoms with van der Waals surface area (Å²) in [5, 5.41) is 0. The van der Waals surface area contributed by atoms with Crippen LogP contribution in [0.3, 0.4) is 0 Å². The van der Waals surface area contributed by atoms with Gasteiger partial charge < -0.3 is 9.47 Å². The van der Waals surface area contributed by atoms with E-state index in [-0.39, 0.29) is 23.8 Å². The smallest absolute Gasteiger partial charge is 0.340 e. The van der Waals surface area contributed by atoms with Crippen LogP contribution in [0.2, 0.25) is 0 Å². The Labute approximate surface area is 165 Å². The molecule has 2 aliphatic carbocycles. The van der Waals surface area contributed by atoms with Gasteiger partial charge in [-0.2, -0.15) is 0 Å². The second-order valence-electron chi connectivity index (χ2n) is 8.44. The summed E-state index contributed by atoms with van der Waals surface area (Å²) in [6, 6.07) is 7.71. The molecule has 0 bridgehead atoms. The second kappa shape index (κ2) is 6.33. The molecule has 2 unspecified atom stereocenters. The van der Waals surface area contributed by atoms with Crippen LogP contribution in [0.4, 0.5) is 0 Å². The minimum atomic E-state index is -0.700. The van der Waals surface area contributed by atoms with E-state index in [0.717, 1.165) is 61.0 Å². The Morgan fingerprint density at radius 1 is 1.14 bits per heavy atom. The lowest BCUT2D eigenvalue weighted by molar-refractivity contribution is -0.195. The van der Waals surface area contributed by atoms with Crippen molar-refractivity contribution >= 4 is 11.9 Å². The van der Waals surface area contributed by atoms with Gasteiger partial charge in [0.15, 0.2) is 0 Å². The van der Waals surface area contributed by atoms with Gasteiger partial charge in [-0.3, -0.25) is 0 Å². The monoisotopic (exact) mass is 378 g/mol. The number of fused-ring (bicyclic) bond motifs is 5. The van der Waals surface area contributed by atoms with Crippen molar-refractivity contribution in [1.29, 1.82) is 0 Å². The quantitative estimate of drug-likeness (QED) is 0.688. The zero-order valence-electron chi connectivity index (χ0n) is 16.5.